The van der Waals surface area contributed by atoms with Crippen LogP contribution >= 0.6 is 0 Å². The normalized spacial score (nSPS) is 10.1. The summed E-state index contributed by atoms with van der Waals surface area (Å²) in [6.07, 6.45) is 0. The zero-order chi connectivity index (χ0) is 9.68. The first kappa shape index (κ1) is 10.1. The van der Waals surface area contributed by atoms with Crippen molar-refractivity contribution in [3.05, 3.63) is 29.3 Å². The smallest absolute Gasteiger partial charge is 0.119 e. The third kappa shape index (κ3) is 3.47. The van der Waals surface area contributed by atoms with Gasteiger partial charge in [-0.3, -0.25) is 0 Å². The van der Waals surface area contributed by atoms with E-state index >= 15 is 0 Å². The van der Waals surface area contributed by atoms with Crippen molar-refractivity contribution in [1.82, 2.24) is 0 Å². The molecular formula is C11H16O2. The average Bonchev–Trinajstić information content (AvgIpc) is 2.03. The first-order chi connectivity index (χ1) is 6.22. The SMILES string of the molecule is COCCOc1cc(C)cc(C)c1. The summed E-state index contributed by atoms with van der Waals surface area (Å²) in [5.41, 5.74) is 2.46. The summed E-state index contributed by atoms with van der Waals surface area (Å²) >= 11 is 0. The molecule has 0 amide bonds. The van der Waals surface area contributed by atoms with E-state index in [1.165, 1.54) is 11.1 Å². The Morgan fingerprint density at radius 2 is 1.62 bits per heavy atom. The predicted molar refractivity (Wildman–Crippen MR) is 53.3 cm³/mol. The third-order valence-corrected chi connectivity index (χ3v) is 1.75. The van der Waals surface area contributed by atoms with Crippen LogP contribution in [0.15, 0.2) is 18.2 Å². The van der Waals surface area contributed by atoms with Crippen LogP contribution in [0.5, 0.6) is 5.75 Å². The topological polar surface area (TPSA) is 18.5 Å². The van der Waals surface area contributed by atoms with E-state index in [2.05, 4.69) is 19.9 Å². The molecule has 0 spiro atoms. The Kier molecular flexibility index (Phi) is 3.77. The standard InChI is InChI=1S/C11H16O2/c1-9-6-10(2)8-11(7-9)13-5-4-12-3/h6-8H,4-5H2,1-3H3. The van der Waals surface area contributed by atoms with Crippen molar-refractivity contribution in [1.29, 1.82) is 0 Å². The molecule has 0 aliphatic rings. The lowest BCUT2D eigenvalue weighted by atomic mass is 10.1. The molecule has 0 unspecified atom stereocenters. The summed E-state index contributed by atoms with van der Waals surface area (Å²) in [4.78, 5) is 0. The van der Waals surface area contributed by atoms with E-state index in [0.29, 0.717) is 13.2 Å². The lowest BCUT2D eigenvalue weighted by Gasteiger charge is -2.07. The number of aryl methyl sites for hydroxylation is 2. The van der Waals surface area contributed by atoms with Gasteiger partial charge in [-0.2, -0.15) is 0 Å². The fourth-order valence-electron chi connectivity index (χ4n) is 1.26. The van der Waals surface area contributed by atoms with Gasteiger partial charge in [-0.1, -0.05) is 6.07 Å². The van der Waals surface area contributed by atoms with Gasteiger partial charge in [0.25, 0.3) is 0 Å². The summed E-state index contributed by atoms with van der Waals surface area (Å²) in [7, 11) is 1.67. The molecule has 2 heteroatoms. The molecule has 0 atom stereocenters. The molecule has 1 aromatic carbocycles. The molecule has 1 aromatic rings. The largest absolute Gasteiger partial charge is 0.491 e. The Labute approximate surface area is 79.5 Å². The molecule has 0 saturated carbocycles. The molecule has 0 aromatic heterocycles. The van der Waals surface area contributed by atoms with Gasteiger partial charge in [0.15, 0.2) is 0 Å². The molecule has 0 radical (unpaired) electrons. The molecular weight excluding hydrogens is 164 g/mol. The van der Waals surface area contributed by atoms with Crippen LogP contribution in [0.25, 0.3) is 0 Å². The monoisotopic (exact) mass is 180 g/mol. The minimum Gasteiger partial charge on any atom is -0.491 e. The maximum Gasteiger partial charge on any atom is 0.119 e. The quantitative estimate of drug-likeness (QED) is 0.662. The van der Waals surface area contributed by atoms with Crippen LogP contribution in [-0.2, 0) is 4.74 Å². The Hall–Kier alpha value is -1.02. The third-order valence-electron chi connectivity index (χ3n) is 1.75. The zero-order valence-electron chi connectivity index (χ0n) is 8.46. The van der Waals surface area contributed by atoms with Gasteiger partial charge in [0, 0.05) is 7.11 Å². The van der Waals surface area contributed by atoms with E-state index in [1.807, 2.05) is 12.1 Å². The highest BCUT2D eigenvalue weighted by molar-refractivity contribution is 5.32. The molecule has 0 aliphatic heterocycles. The number of rotatable bonds is 4. The highest BCUT2D eigenvalue weighted by atomic mass is 16.5. The van der Waals surface area contributed by atoms with Gasteiger partial charge in [-0.05, 0) is 37.1 Å². The summed E-state index contributed by atoms with van der Waals surface area (Å²) < 4.78 is 10.4. The van der Waals surface area contributed by atoms with Crippen molar-refractivity contribution in [2.24, 2.45) is 0 Å². The summed E-state index contributed by atoms with van der Waals surface area (Å²) in [6.45, 7) is 5.37. The van der Waals surface area contributed by atoms with Crippen molar-refractivity contribution < 1.29 is 9.47 Å². The average molecular weight is 180 g/mol. The highest BCUT2D eigenvalue weighted by Crippen LogP contribution is 2.15. The summed E-state index contributed by atoms with van der Waals surface area (Å²) in [6, 6.07) is 6.19. The first-order valence-corrected chi connectivity index (χ1v) is 4.42. The Morgan fingerprint density at radius 1 is 1.00 bits per heavy atom. The van der Waals surface area contributed by atoms with E-state index in [0.717, 1.165) is 5.75 Å². The molecule has 0 heterocycles. The fourth-order valence-corrected chi connectivity index (χ4v) is 1.26. The fraction of sp³-hybridized carbons (Fsp3) is 0.455. The number of hydrogen-bond acceptors (Lipinski definition) is 2. The van der Waals surface area contributed by atoms with Crippen LogP contribution in [0.4, 0.5) is 0 Å². The van der Waals surface area contributed by atoms with Crippen molar-refractivity contribution in [2.75, 3.05) is 20.3 Å². The van der Waals surface area contributed by atoms with Crippen LogP contribution < -0.4 is 4.74 Å². The Morgan fingerprint density at radius 3 is 2.15 bits per heavy atom. The van der Waals surface area contributed by atoms with E-state index in [-0.39, 0.29) is 0 Å². The van der Waals surface area contributed by atoms with Crippen LogP contribution in [0.1, 0.15) is 11.1 Å². The van der Waals surface area contributed by atoms with Crippen molar-refractivity contribution >= 4 is 0 Å². The minimum absolute atomic E-state index is 0.611. The second kappa shape index (κ2) is 4.87. The lowest BCUT2D eigenvalue weighted by molar-refractivity contribution is 0.146. The maximum atomic E-state index is 5.48. The van der Waals surface area contributed by atoms with Crippen molar-refractivity contribution in [2.45, 2.75) is 13.8 Å². The summed E-state index contributed by atoms with van der Waals surface area (Å²) in [5, 5.41) is 0. The van der Waals surface area contributed by atoms with E-state index in [4.69, 9.17) is 9.47 Å². The number of methoxy groups -OCH3 is 1. The molecule has 0 bridgehead atoms. The molecule has 0 N–H and O–H groups in total. The minimum atomic E-state index is 0.611. The second-order valence-electron chi connectivity index (χ2n) is 3.16. The van der Waals surface area contributed by atoms with Crippen LogP contribution in [-0.4, -0.2) is 20.3 Å². The van der Waals surface area contributed by atoms with Gasteiger partial charge in [-0.15, -0.1) is 0 Å². The van der Waals surface area contributed by atoms with Gasteiger partial charge in [-0.25, -0.2) is 0 Å². The maximum absolute atomic E-state index is 5.48. The van der Waals surface area contributed by atoms with Gasteiger partial charge >= 0.3 is 0 Å². The first-order valence-electron chi connectivity index (χ1n) is 4.42. The Bertz CT molecular complexity index is 249. The molecule has 0 fully saturated rings. The lowest BCUT2D eigenvalue weighted by Crippen LogP contribution is -2.04. The van der Waals surface area contributed by atoms with Crippen LogP contribution in [0, 0.1) is 13.8 Å². The Balaban J connectivity index is 2.56. The highest BCUT2D eigenvalue weighted by Gasteiger charge is 1.95. The van der Waals surface area contributed by atoms with E-state index < -0.39 is 0 Å². The molecule has 13 heavy (non-hydrogen) atoms. The molecule has 0 saturated heterocycles. The van der Waals surface area contributed by atoms with Gasteiger partial charge in [0.2, 0.25) is 0 Å². The molecule has 2 nitrogen and oxygen atoms in total. The van der Waals surface area contributed by atoms with Crippen LogP contribution in [0.2, 0.25) is 0 Å². The van der Waals surface area contributed by atoms with Crippen molar-refractivity contribution in [3.63, 3.8) is 0 Å². The number of benzene rings is 1. The van der Waals surface area contributed by atoms with E-state index in [9.17, 15) is 0 Å². The van der Waals surface area contributed by atoms with Crippen molar-refractivity contribution in [3.8, 4) is 5.75 Å². The molecule has 72 valence electrons. The van der Waals surface area contributed by atoms with Crippen LogP contribution in [0.3, 0.4) is 0 Å². The zero-order valence-corrected chi connectivity index (χ0v) is 8.46. The van der Waals surface area contributed by atoms with Gasteiger partial charge in [0.05, 0.1) is 6.61 Å². The molecule has 1 rings (SSSR count). The number of hydrogen-bond donors (Lipinski definition) is 0. The number of ether oxygens (including phenoxy) is 2. The summed E-state index contributed by atoms with van der Waals surface area (Å²) in [5.74, 6) is 0.926. The predicted octanol–water partition coefficient (Wildman–Crippen LogP) is 2.33. The van der Waals surface area contributed by atoms with Gasteiger partial charge < -0.3 is 9.47 Å². The molecule has 0 aliphatic carbocycles. The van der Waals surface area contributed by atoms with Gasteiger partial charge in [0.1, 0.15) is 12.4 Å². The van der Waals surface area contributed by atoms with E-state index in [1.54, 1.807) is 7.11 Å². The second-order valence-corrected chi connectivity index (χ2v) is 3.16.